The summed E-state index contributed by atoms with van der Waals surface area (Å²) in [5.74, 6) is -0.0908. The summed E-state index contributed by atoms with van der Waals surface area (Å²) in [5, 5.41) is 0. The third kappa shape index (κ3) is 3.63. The van der Waals surface area contributed by atoms with Gasteiger partial charge in [0.15, 0.2) is 0 Å². The van der Waals surface area contributed by atoms with Crippen LogP contribution in [-0.4, -0.2) is 26.8 Å². The van der Waals surface area contributed by atoms with Gasteiger partial charge in [0.1, 0.15) is 10.3 Å². The van der Waals surface area contributed by atoms with Crippen LogP contribution in [0.25, 0.3) is 0 Å². The van der Waals surface area contributed by atoms with Crippen LogP contribution in [0.2, 0.25) is 0 Å². The van der Waals surface area contributed by atoms with E-state index in [0.717, 1.165) is 5.69 Å². The maximum absolute atomic E-state index is 12.6. The first-order chi connectivity index (χ1) is 9.58. The van der Waals surface area contributed by atoms with Crippen molar-refractivity contribution in [3.8, 4) is 0 Å². The van der Waals surface area contributed by atoms with E-state index >= 15 is 0 Å². The molecule has 0 saturated carbocycles. The van der Waals surface area contributed by atoms with E-state index in [0.29, 0.717) is 16.8 Å². The molecule has 0 unspecified atom stereocenters. The molecule has 0 saturated heterocycles. The second kappa shape index (κ2) is 6.61. The molecule has 4 nitrogen and oxygen atoms in total. The van der Waals surface area contributed by atoms with Crippen LogP contribution in [0.15, 0.2) is 47.2 Å². The van der Waals surface area contributed by atoms with Crippen molar-refractivity contribution in [3.05, 3.63) is 58.6 Å². The van der Waals surface area contributed by atoms with Crippen molar-refractivity contribution in [2.24, 2.45) is 0 Å². The number of carbonyl (C=O) groups is 1. The number of hydrogen-bond donors (Lipinski definition) is 0. The van der Waals surface area contributed by atoms with E-state index in [9.17, 15) is 4.79 Å². The van der Waals surface area contributed by atoms with E-state index in [2.05, 4.69) is 25.9 Å². The van der Waals surface area contributed by atoms with Crippen LogP contribution in [0.1, 0.15) is 30.0 Å². The van der Waals surface area contributed by atoms with Gasteiger partial charge in [-0.1, -0.05) is 12.1 Å². The van der Waals surface area contributed by atoms with Gasteiger partial charge >= 0.3 is 0 Å². The van der Waals surface area contributed by atoms with Crippen molar-refractivity contribution in [3.63, 3.8) is 0 Å². The van der Waals surface area contributed by atoms with Crippen LogP contribution in [0, 0.1) is 0 Å². The van der Waals surface area contributed by atoms with E-state index in [1.165, 1.54) is 0 Å². The highest BCUT2D eigenvalue weighted by atomic mass is 79.9. The first-order valence-corrected chi connectivity index (χ1v) is 7.20. The van der Waals surface area contributed by atoms with Gasteiger partial charge in [0, 0.05) is 12.2 Å². The zero-order chi connectivity index (χ0) is 14.5. The lowest BCUT2D eigenvalue weighted by molar-refractivity contribution is 0.0681. The molecule has 2 aromatic rings. The average molecular weight is 334 g/mol. The van der Waals surface area contributed by atoms with Crippen LogP contribution in [0.3, 0.4) is 0 Å². The number of hydrogen-bond acceptors (Lipinski definition) is 3. The number of carbonyl (C=O) groups excluding carboxylic acids is 1. The van der Waals surface area contributed by atoms with Crippen LogP contribution < -0.4 is 0 Å². The Bertz CT molecular complexity index is 587. The highest BCUT2D eigenvalue weighted by Gasteiger charge is 2.20. The van der Waals surface area contributed by atoms with Crippen molar-refractivity contribution in [2.45, 2.75) is 26.4 Å². The third-order valence-electron chi connectivity index (χ3n) is 2.88. The SMILES string of the molecule is CC(C)N(Cc1ccccn1)C(=O)c1cccc(Br)n1. The summed E-state index contributed by atoms with van der Waals surface area (Å²) in [5.41, 5.74) is 1.30. The van der Waals surface area contributed by atoms with Gasteiger partial charge in [-0.3, -0.25) is 9.78 Å². The van der Waals surface area contributed by atoms with Gasteiger partial charge in [-0.05, 0) is 54.0 Å². The Labute approximate surface area is 127 Å². The van der Waals surface area contributed by atoms with Gasteiger partial charge in [-0.25, -0.2) is 4.98 Å². The zero-order valence-electron chi connectivity index (χ0n) is 11.5. The predicted molar refractivity (Wildman–Crippen MR) is 81.2 cm³/mol. The van der Waals surface area contributed by atoms with Crippen molar-refractivity contribution < 1.29 is 4.79 Å². The Morgan fingerprint density at radius 1 is 1.25 bits per heavy atom. The Kier molecular flexibility index (Phi) is 4.84. The molecule has 1 amide bonds. The summed E-state index contributed by atoms with van der Waals surface area (Å²) in [6, 6.07) is 11.1. The first kappa shape index (κ1) is 14.7. The maximum Gasteiger partial charge on any atom is 0.273 e. The lowest BCUT2D eigenvalue weighted by atomic mass is 10.2. The molecule has 0 bridgehead atoms. The molecule has 0 aromatic carbocycles. The quantitative estimate of drug-likeness (QED) is 0.806. The Morgan fingerprint density at radius 2 is 2.05 bits per heavy atom. The summed E-state index contributed by atoms with van der Waals surface area (Å²) in [6.07, 6.45) is 1.73. The number of halogens is 1. The maximum atomic E-state index is 12.6. The van der Waals surface area contributed by atoms with Crippen LogP contribution in [0.5, 0.6) is 0 Å². The second-order valence-electron chi connectivity index (χ2n) is 4.69. The zero-order valence-corrected chi connectivity index (χ0v) is 13.0. The molecule has 0 radical (unpaired) electrons. The smallest absolute Gasteiger partial charge is 0.273 e. The van der Waals surface area contributed by atoms with Gasteiger partial charge in [0.25, 0.3) is 5.91 Å². The standard InChI is InChI=1S/C15H16BrN3O/c1-11(2)19(10-12-6-3-4-9-17-12)15(20)13-7-5-8-14(16)18-13/h3-9,11H,10H2,1-2H3. The van der Waals surface area contributed by atoms with Gasteiger partial charge in [0.05, 0.1) is 12.2 Å². The number of amides is 1. The summed E-state index contributed by atoms with van der Waals surface area (Å²) < 4.78 is 0.657. The molecule has 0 atom stereocenters. The van der Waals surface area contributed by atoms with E-state index in [-0.39, 0.29) is 11.9 Å². The van der Waals surface area contributed by atoms with Gasteiger partial charge < -0.3 is 4.90 Å². The Morgan fingerprint density at radius 3 is 2.65 bits per heavy atom. The summed E-state index contributed by atoms with van der Waals surface area (Å²) in [4.78, 5) is 22.8. The highest BCUT2D eigenvalue weighted by molar-refractivity contribution is 9.10. The number of rotatable bonds is 4. The monoisotopic (exact) mass is 333 g/mol. The molecule has 20 heavy (non-hydrogen) atoms. The van der Waals surface area contributed by atoms with Crippen molar-refractivity contribution >= 4 is 21.8 Å². The van der Waals surface area contributed by atoms with Crippen LogP contribution in [0.4, 0.5) is 0 Å². The molecular formula is C15H16BrN3O. The molecule has 5 heteroatoms. The van der Waals surface area contributed by atoms with Gasteiger partial charge in [-0.15, -0.1) is 0 Å². The molecule has 0 aliphatic rings. The summed E-state index contributed by atoms with van der Waals surface area (Å²) in [6.45, 7) is 4.45. The molecular weight excluding hydrogens is 318 g/mol. The number of aromatic nitrogens is 2. The van der Waals surface area contributed by atoms with Gasteiger partial charge in [0.2, 0.25) is 0 Å². The lowest BCUT2D eigenvalue weighted by Crippen LogP contribution is -2.37. The predicted octanol–water partition coefficient (Wildman–Crippen LogP) is 3.29. The van der Waals surface area contributed by atoms with Crippen molar-refractivity contribution in [1.82, 2.24) is 14.9 Å². The highest BCUT2D eigenvalue weighted by Crippen LogP contribution is 2.13. The molecule has 0 spiro atoms. The topological polar surface area (TPSA) is 46.1 Å². The molecule has 0 N–H and O–H groups in total. The molecule has 104 valence electrons. The number of nitrogens with zero attached hydrogens (tertiary/aromatic N) is 3. The minimum absolute atomic E-state index is 0.0743. The fourth-order valence-corrected chi connectivity index (χ4v) is 2.17. The molecule has 2 aromatic heterocycles. The van der Waals surface area contributed by atoms with E-state index in [4.69, 9.17) is 0 Å². The lowest BCUT2D eigenvalue weighted by Gasteiger charge is -2.26. The van der Waals surface area contributed by atoms with Gasteiger partial charge in [-0.2, -0.15) is 0 Å². The third-order valence-corrected chi connectivity index (χ3v) is 3.32. The fourth-order valence-electron chi connectivity index (χ4n) is 1.83. The largest absolute Gasteiger partial charge is 0.329 e. The first-order valence-electron chi connectivity index (χ1n) is 6.41. The van der Waals surface area contributed by atoms with Crippen LogP contribution >= 0.6 is 15.9 Å². The van der Waals surface area contributed by atoms with Crippen molar-refractivity contribution in [1.29, 1.82) is 0 Å². The summed E-state index contributed by atoms with van der Waals surface area (Å²) in [7, 11) is 0. The molecule has 0 aliphatic heterocycles. The van der Waals surface area contributed by atoms with E-state index in [1.807, 2.05) is 38.1 Å². The van der Waals surface area contributed by atoms with Crippen molar-refractivity contribution in [2.75, 3.05) is 0 Å². The Hall–Kier alpha value is -1.75. The Balaban J connectivity index is 2.23. The molecule has 0 aliphatic carbocycles. The summed E-state index contributed by atoms with van der Waals surface area (Å²) >= 11 is 3.29. The second-order valence-corrected chi connectivity index (χ2v) is 5.51. The number of pyridine rings is 2. The fraction of sp³-hybridized carbons (Fsp3) is 0.267. The minimum atomic E-state index is -0.0908. The van der Waals surface area contributed by atoms with E-state index < -0.39 is 0 Å². The average Bonchev–Trinajstić information content (AvgIpc) is 2.45. The van der Waals surface area contributed by atoms with E-state index in [1.54, 1.807) is 23.2 Å². The molecule has 0 fully saturated rings. The normalized spacial score (nSPS) is 10.6. The van der Waals surface area contributed by atoms with Crippen LogP contribution in [-0.2, 0) is 6.54 Å². The molecule has 2 rings (SSSR count). The minimum Gasteiger partial charge on any atom is -0.329 e. The molecule has 2 heterocycles.